The first-order chi connectivity index (χ1) is 9.45. The molecule has 2 aromatic rings. The van der Waals surface area contributed by atoms with Gasteiger partial charge >= 0.3 is 0 Å². The van der Waals surface area contributed by atoms with Crippen molar-refractivity contribution in [3.63, 3.8) is 0 Å². The molecule has 0 aliphatic rings. The van der Waals surface area contributed by atoms with Crippen molar-refractivity contribution in [2.75, 3.05) is 12.8 Å². The lowest BCUT2D eigenvalue weighted by molar-refractivity contribution is -0.127. The number of aromatic nitrogens is 1. The highest BCUT2D eigenvalue weighted by atomic mass is 32.2. The van der Waals surface area contributed by atoms with Gasteiger partial charge in [0, 0.05) is 23.6 Å². The van der Waals surface area contributed by atoms with Crippen LogP contribution < -0.4 is 0 Å². The average molecular weight is 294 g/mol. The average Bonchev–Trinajstić information content (AvgIpc) is 2.76. The number of hydrogen-bond acceptors (Lipinski definition) is 2. The molecule has 0 bridgehead atoms. The molecule has 0 saturated heterocycles. The van der Waals surface area contributed by atoms with Gasteiger partial charge in [0.2, 0.25) is 5.91 Å². The monoisotopic (exact) mass is 294 g/mol. The van der Waals surface area contributed by atoms with E-state index in [1.165, 1.54) is 12.1 Å². The summed E-state index contributed by atoms with van der Waals surface area (Å²) < 4.78 is 13.1. The Morgan fingerprint density at radius 2 is 2.15 bits per heavy atom. The first-order valence-electron chi connectivity index (χ1n) is 6.58. The summed E-state index contributed by atoms with van der Waals surface area (Å²) in [5.74, 6) is 0.345. The normalized spacial score (nSPS) is 11.2. The zero-order valence-corrected chi connectivity index (χ0v) is 12.8. The van der Waals surface area contributed by atoms with Gasteiger partial charge in [0.05, 0.1) is 12.3 Å². The zero-order valence-electron chi connectivity index (χ0n) is 11.9. The van der Waals surface area contributed by atoms with Crippen LogP contribution in [0.3, 0.4) is 0 Å². The third-order valence-corrected chi connectivity index (χ3v) is 4.09. The van der Waals surface area contributed by atoms with Crippen LogP contribution in [0.1, 0.15) is 19.5 Å². The molecule has 5 heteroatoms. The summed E-state index contributed by atoms with van der Waals surface area (Å²) in [5, 5.41) is 1.28. The summed E-state index contributed by atoms with van der Waals surface area (Å²) in [6, 6.07) is 6.52. The third kappa shape index (κ3) is 3.76. The molecule has 1 aromatic carbocycles. The van der Waals surface area contributed by atoms with Gasteiger partial charge in [-0.3, -0.25) is 4.79 Å². The lowest BCUT2D eigenvalue weighted by Gasteiger charge is -2.16. The molecule has 0 atom stereocenters. The summed E-state index contributed by atoms with van der Waals surface area (Å²) >= 11 is 1.63. The highest BCUT2D eigenvalue weighted by Crippen LogP contribution is 2.18. The summed E-state index contributed by atoms with van der Waals surface area (Å²) in [6.07, 6.45) is 0. The Kier molecular flexibility index (Phi) is 4.70. The van der Waals surface area contributed by atoms with E-state index in [4.69, 9.17) is 0 Å². The highest BCUT2D eigenvalue weighted by molar-refractivity contribution is 8.00. The SMILES string of the molecule is CC(C)SCC(=O)N(C)Cc1cc2cc(F)ccc2[nH]1. The van der Waals surface area contributed by atoms with E-state index in [0.717, 1.165) is 16.6 Å². The van der Waals surface area contributed by atoms with Crippen molar-refractivity contribution in [1.82, 2.24) is 9.88 Å². The molecule has 1 heterocycles. The minimum Gasteiger partial charge on any atom is -0.357 e. The zero-order chi connectivity index (χ0) is 14.7. The van der Waals surface area contributed by atoms with Crippen molar-refractivity contribution < 1.29 is 9.18 Å². The number of benzene rings is 1. The van der Waals surface area contributed by atoms with Gasteiger partial charge in [-0.05, 0) is 29.5 Å². The number of amides is 1. The Morgan fingerprint density at radius 3 is 2.85 bits per heavy atom. The summed E-state index contributed by atoms with van der Waals surface area (Å²) in [4.78, 5) is 16.8. The standard InChI is InChI=1S/C15H19FN2OS/c1-10(2)20-9-15(19)18(3)8-13-7-11-6-12(16)4-5-14(11)17-13/h4-7,10,17H,8-9H2,1-3H3. The molecule has 1 amide bonds. The molecule has 108 valence electrons. The van der Waals surface area contributed by atoms with E-state index in [2.05, 4.69) is 18.8 Å². The second-order valence-corrected chi connectivity index (χ2v) is 6.70. The fourth-order valence-electron chi connectivity index (χ4n) is 1.94. The summed E-state index contributed by atoms with van der Waals surface area (Å²) in [7, 11) is 1.79. The van der Waals surface area contributed by atoms with Crippen LogP contribution in [0.5, 0.6) is 0 Å². The van der Waals surface area contributed by atoms with Crippen molar-refractivity contribution in [3.8, 4) is 0 Å². The molecular weight excluding hydrogens is 275 g/mol. The molecule has 2 rings (SSSR count). The van der Waals surface area contributed by atoms with Gasteiger partial charge < -0.3 is 9.88 Å². The Morgan fingerprint density at radius 1 is 1.40 bits per heavy atom. The van der Waals surface area contributed by atoms with Gasteiger partial charge in [0.15, 0.2) is 0 Å². The summed E-state index contributed by atoms with van der Waals surface area (Å²) in [6.45, 7) is 4.65. The Balaban J connectivity index is 2.02. The summed E-state index contributed by atoms with van der Waals surface area (Å²) in [5.41, 5.74) is 1.80. The van der Waals surface area contributed by atoms with Crippen molar-refractivity contribution in [2.24, 2.45) is 0 Å². The van der Waals surface area contributed by atoms with Crippen molar-refractivity contribution in [2.45, 2.75) is 25.6 Å². The molecule has 1 aromatic heterocycles. The Hall–Kier alpha value is -1.49. The number of hydrogen-bond donors (Lipinski definition) is 1. The second-order valence-electron chi connectivity index (χ2n) is 5.14. The second kappa shape index (κ2) is 6.31. The fraction of sp³-hybridized carbons (Fsp3) is 0.400. The molecule has 0 fully saturated rings. The van der Waals surface area contributed by atoms with E-state index in [0.29, 0.717) is 17.5 Å². The lowest BCUT2D eigenvalue weighted by Crippen LogP contribution is -2.28. The van der Waals surface area contributed by atoms with Gasteiger partial charge in [0.25, 0.3) is 0 Å². The Bertz CT molecular complexity index is 609. The topological polar surface area (TPSA) is 36.1 Å². The number of nitrogens with one attached hydrogen (secondary N) is 1. The smallest absolute Gasteiger partial charge is 0.232 e. The highest BCUT2D eigenvalue weighted by Gasteiger charge is 2.11. The van der Waals surface area contributed by atoms with Crippen molar-refractivity contribution in [3.05, 3.63) is 35.8 Å². The minimum atomic E-state index is -0.249. The van der Waals surface area contributed by atoms with Gasteiger partial charge in [-0.2, -0.15) is 0 Å². The molecule has 0 aliphatic carbocycles. The van der Waals surface area contributed by atoms with E-state index >= 15 is 0 Å². The van der Waals surface area contributed by atoms with Crippen LogP contribution in [-0.2, 0) is 11.3 Å². The van der Waals surface area contributed by atoms with Crippen LogP contribution in [0, 0.1) is 5.82 Å². The van der Waals surface area contributed by atoms with Gasteiger partial charge in [-0.15, -0.1) is 11.8 Å². The van der Waals surface area contributed by atoms with Crippen molar-refractivity contribution >= 4 is 28.6 Å². The van der Waals surface area contributed by atoms with E-state index < -0.39 is 0 Å². The van der Waals surface area contributed by atoms with E-state index in [1.807, 2.05) is 6.07 Å². The van der Waals surface area contributed by atoms with Crippen molar-refractivity contribution in [1.29, 1.82) is 0 Å². The molecule has 3 nitrogen and oxygen atoms in total. The number of halogens is 1. The quantitative estimate of drug-likeness (QED) is 0.917. The predicted molar refractivity (Wildman–Crippen MR) is 82.3 cm³/mol. The van der Waals surface area contributed by atoms with E-state index in [-0.39, 0.29) is 11.7 Å². The molecular formula is C15H19FN2OS. The largest absolute Gasteiger partial charge is 0.357 e. The molecule has 0 radical (unpaired) electrons. The van der Waals surface area contributed by atoms with Crippen LogP contribution in [0.25, 0.3) is 10.9 Å². The lowest BCUT2D eigenvalue weighted by atomic mass is 10.2. The number of H-pyrrole nitrogens is 1. The predicted octanol–water partition coefficient (Wildman–Crippen LogP) is 3.41. The maximum Gasteiger partial charge on any atom is 0.232 e. The number of aromatic amines is 1. The third-order valence-electron chi connectivity index (χ3n) is 3.01. The molecule has 0 unspecified atom stereocenters. The molecule has 0 saturated carbocycles. The van der Waals surface area contributed by atoms with Crippen LogP contribution in [0.2, 0.25) is 0 Å². The Labute approximate surface area is 122 Å². The van der Waals surface area contributed by atoms with Gasteiger partial charge in [-0.25, -0.2) is 4.39 Å². The number of thioether (sulfide) groups is 1. The number of nitrogens with zero attached hydrogens (tertiary/aromatic N) is 1. The van der Waals surface area contributed by atoms with E-state index in [1.54, 1.807) is 29.8 Å². The number of carbonyl (C=O) groups is 1. The number of carbonyl (C=O) groups excluding carboxylic acids is 1. The first kappa shape index (κ1) is 14.9. The number of fused-ring (bicyclic) bond motifs is 1. The van der Waals surface area contributed by atoms with Crippen LogP contribution in [0.15, 0.2) is 24.3 Å². The molecule has 0 spiro atoms. The molecule has 1 N–H and O–H groups in total. The van der Waals surface area contributed by atoms with Gasteiger partial charge in [-0.1, -0.05) is 13.8 Å². The van der Waals surface area contributed by atoms with Crippen LogP contribution >= 0.6 is 11.8 Å². The number of rotatable bonds is 5. The van der Waals surface area contributed by atoms with Crippen LogP contribution in [-0.4, -0.2) is 33.8 Å². The minimum absolute atomic E-state index is 0.105. The molecule has 20 heavy (non-hydrogen) atoms. The maximum absolute atomic E-state index is 13.1. The molecule has 0 aliphatic heterocycles. The maximum atomic E-state index is 13.1. The first-order valence-corrected chi connectivity index (χ1v) is 7.63. The fourth-order valence-corrected chi connectivity index (χ4v) is 2.64. The van der Waals surface area contributed by atoms with E-state index in [9.17, 15) is 9.18 Å². The van der Waals surface area contributed by atoms with Crippen LogP contribution in [0.4, 0.5) is 4.39 Å². The van der Waals surface area contributed by atoms with Gasteiger partial charge in [0.1, 0.15) is 5.82 Å².